The molecule has 34 heavy (non-hydrogen) atoms. The smallest absolute Gasteiger partial charge is 0.251 e. The second-order valence-corrected chi connectivity index (χ2v) is 7.50. The van der Waals surface area contributed by atoms with Gasteiger partial charge in [0.1, 0.15) is 6.34 Å². The number of rotatable bonds is 10. The van der Waals surface area contributed by atoms with Crippen LogP contribution in [-0.2, 0) is 9.59 Å². The fraction of sp³-hybridized carbons (Fsp3) is 0.462. The number of nitrogens with one attached hydrogen (secondary N) is 2. The monoisotopic (exact) mass is 468 g/mol. The highest BCUT2D eigenvalue weighted by Crippen LogP contribution is 2.19. The van der Waals surface area contributed by atoms with E-state index in [0.717, 1.165) is 18.6 Å². The molecule has 0 atom stereocenters. The molecule has 0 bridgehead atoms. The summed E-state index contributed by atoms with van der Waals surface area (Å²) in [5.74, 6) is 1.73. The molecule has 0 aromatic rings. The molecule has 2 rings (SSSR count). The lowest BCUT2D eigenvalue weighted by atomic mass is 10.2. The molecule has 0 spiro atoms. The summed E-state index contributed by atoms with van der Waals surface area (Å²) in [4.78, 5) is 27.8. The molecule has 186 valence electrons. The normalized spacial score (nSPS) is 15.5. The van der Waals surface area contributed by atoms with Crippen LogP contribution in [0.15, 0.2) is 57.9 Å². The van der Waals surface area contributed by atoms with Crippen LogP contribution in [0.25, 0.3) is 0 Å². The number of carbonyl (C=O) groups excluding carboxylic acids is 2. The Labute approximate surface area is 204 Å². The van der Waals surface area contributed by atoms with Crippen molar-refractivity contribution in [2.24, 2.45) is 15.8 Å². The van der Waals surface area contributed by atoms with E-state index < -0.39 is 5.91 Å². The number of hydrazone groups is 1. The molecule has 2 aliphatic rings. The summed E-state index contributed by atoms with van der Waals surface area (Å²) < 4.78 is 0. The molecule has 0 unspecified atom stereocenters. The minimum absolute atomic E-state index is 0.0735. The van der Waals surface area contributed by atoms with Crippen LogP contribution in [0.4, 0.5) is 0 Å². The summed E-state index contributed by atoms with van der Waals surface area (Å²) in [5, 5.41) is 11.9. The highest BCUT2D eigenvalue weighted by Gasteiger charge is 2.23. The number of nitrogens with two attached hydrogens (primary N) is 1. The van der Waals surface area contributed by atoms with Gasteiger partial charge < -0.3 is 16.4 Å². The molecule has 1 aliphatic carbocycles. The Hall–Kier alpha value is -3.60. The van der Waals surface area contributed by atoms with Gasteiger partial charge in [0, 0.05) is 23.4 Å². The van der Waals surface area contributed by atoms with Crippen LogP contribution in [0, 0.1) is 12.3 Å². The van der Waals surface area contributed by atoms with Crippen LogP contribution in [-0.4, -0.2) is 48.0 Å². The molecule has 8 nitrogen and oxygen atoms in total. The van der Waals surface area contributed by atoms with E-state index in [0.29, 0.717) is 36.7 Å². The van der Waals surface area contributed by atoms with Crippen molar-refractivity contribution in [3.8, 4) is 12.3 Å². The predicted octanol–water partition coefficient (Wildman–Crippen LogP) is 3.41. The topological polar surface area (TPSA) is 112 Å². The van der Waals surface area contributed by atoms with Gasteiger partial charge in [-0.2, -0.15) is 5.10 Å². The number of primary amides is 1. The van der Waals surface area contributed by atoms with E-state index in [2.05, 4.69) is 46.9 Å². The van der Waals surface area contributed by atoms with E-state index in [1.165, 1.54) is 12.8 Å². The van der Waals surface area contributed by atoms with E-state index in [-0.39, 0.29) is 5.91 Å². The summed E-state index contributed by atoms with van der Waals surface area (Å²) in [7, 11) is 0. The number of hydrogen-bond donors (Lipinski definition) is 3. The first-order chi connectivity index (χ1) is 16.4. The van der Waals surface area contributed by atoms with Gasteiger partial charge in [-0.25, -0.2) is 4.99 Å². The molecule has 0 radical (unpaired) electrons. The summed E-state index contributed by atoms with van der Waals surface area (Å²) in [6.07, 6.45) is 20.5. The molecular weight excluding hydrogens is 428 g/mol. The molecule has 1 aliphatic heterocycles. The van der Waals surface area contributed by atoms with Gasteiger partial charge in [-0.05, 0) is 51.5 Å². The van der Waals surface area contributed by atoms with Crippen LogP contribution >= 0.6 is 0 Å². The predicted molar refractivity (Wildman–Crippen MR) is 142 cm³/mol. The fourth-order valence-corrected chi connectivity index (χ4v) is 2.36. The highest BCUT2D eigenvalue weighted by molar-refractivity contribution is 5.97. The van der Waals surface area contributed by atoms with E-state index >= 15 is 0 Å². The summed E-state index contributed by atoms with van der Waals surface area (Å²) >= 11 is 0. The third kappa shape index (κ3) is 14.5. The number of carbonyl (C=O) groups is 2. The van der Waals surface area contributed by atoms with Gasteiger partial charge >= 0.3 is 0 Å². The number of amides is 2. The Morgan fingerprint density at radius 1 is 1.32 bits per heavy atom. The fourth-order valence-electron chi connectivity index (χ4n) is 2.36. The number of terminal acetylenes is 1. The van der Waals surface area contributed by atoms with E-state index in [9.17, 15) is 9.59 Å². The van der Waals surface area contributed by atoms with Gasteiger partial charge in [0.25, 0.3) is 5.91 Å². The molecule has 0 saturated heterocycles. The van der Waals surface area contributed by atoms with Gasteiger partial charge in [-0.1, -0.05) is 39.3 Å². The first kappa shape index (κ1) is 30.4. The van der Waals surface area contributed by atoms with Crippen molar-refractivity contribution < 1.29 is 9.59 Å². The van der Waals surface area contributed by atoms with Crippen molar-refractivity contribution in [1.29, 1.82) is 0 Å². The zero-order valence-electron chi connectivity index (χ0n) is 21.2. The van der Waals surface area contributed by atoms with Gasteiger partial charge in [0.05, 0.1) is 18.8 Å². The number of nitrogens with zero attached hydrogens (tertiary/aromatic N) is 3. The largest absolute Gasteiger partial charge is 0.385 e. The lowest BCUT2D eigenvalue weighted by molar-refractivity contribution is -0.117. The minimum atomic E-state index is -0.451. The molecule has 1 fully saturated rings. The standard InChI is InChI=1S/C20H28N6O2.C3H8.C3H4/c1-3-5-6-16(20(28)25-17-7-8-17)9-10-22-11-18-13-26(24-14-23-18)12-15(4-2)19(21)27;2*1-3-2/h3,5-6,9-10,12,14,17,22H,4,7-8,11,13H2,1-2H3,(H2,21,27)(H,25,28);3H2,1-2H3;1H,2H3/b5-3+,10-9+,15-12+,16-6+;;. The Morgan fingerprint density at radius 2 is 1.97 bits per heavy atom. The van der Waals surface area contributed by atoms with Crippen molar-refractivity contribution >= 4 is 23.9 Å². The van der Waals surface area contributed by atoms with Gasteiger partial charge in [0.15, 0.2) is 0 Å². The first-order valence-corrected chi connectivity index (χ1v) is 11.6. The Kier molecular flexibility index (Phi) is 16.9. The van der Waals surface area contributed by atoms with Crippen LogP contribution in [0.1, 0.15) is 60.3 Å². The quantitative estimate of drug-likeness (QED) is 0.259. The molecule has 0 aromatic heterocycles. The molecule has 8 heteroatoms. The molecule has 0 aromatic carbocycles. The van der Waals surface area contributed by atoms with Crippen LogP contribution in [0.5, 0.6) is 0 Å². The lowest BCUT2D eigenvalue weighted by Crippen LogP contribution is -2.32. The molecule has 1 saturated carbocycles. The SMILES string of the molecule is C#CC.C/C=C/C=C(\C=C\NCC1=NC=NN(/C=C(\CC)C(N)=O)C1)C(=O)NC1CC1.CCC. The highest BCUT2D eigenvalue weighted by atomic mass is 16.2. The third-order valence-corrected chi connectivity index (χ3v) is 4.12. The van der Waals surface area contributed by atoms with Gasteiger partial charge in [0.2, 0.25) is 5.91 Å². The summed E-state index contributed by atoms with van der Waals surface area (Å²) in [5.41, 5.74) is 7.28. The minimum Gasteiger partial charge on any atom is -0.385 e. The van der Waals surface area contributed by atoms with Crippen molar-refractivity contribution in [2.45, 2.75) is 66.3 Å². The Balaban J connectivity index is 0.00000164. The maximum atomic E-state index is 12.2. The summed E-state index contributed by atoms with van der Waals surface area (Å²) in [6, 6.07) is 0.311. The van der Waals surface area contributed by atoms with Gasteiger partial charge in [-0.3, -0.25) is 14.6 Å². The average molecular weight is 469 g/mol. The zero-order valence-corrected chi connectivity index (χ0v) is 21.2. The average Bonchev–Trinajstić information content (AvgIpc) is 3.62. The molecule has 2 amide bonds. The van der Waals surface area contributed by atoms with Crippen LogP contribution in [0.2, 0.25) is 0 Å². The summed E-state index contributed by atoms with van der Waals surface area (Å²) in [6.45, 7) is 10.6. The lowest BCUT2D eigenvalue weighted by Gasteiger charge is -2.19. The van der Waals surface area contributed by atoms with Crippen LogP contribution < -0.4 is 16.4 Å². The maximum absolute atomic E-state index is 12.2. The van der Waals surface area contributed by atoms with Crippen molar-refractivity contribution in [3.05, 3.63) is 47.9 Å². The van der Waals surface area contributed by atoms with E-state index in [1.54, 1.807) is 36.5 Å². The Bertz CT molecular complexity index is 855. The van der Waals surface area contributed by atoms with E-state index in [1.807, 2.05) is 26.0 Å². The van der Waals surface area contributed by atoms with Crippen molar-refractivity contribution in [1.82, 2.24) is 15.6 Å². The molecule has 1 heterocycles. The van der Waals surface area contributed by atoms with Crippen molar-refractivity contribution in [3.63, 3.8) is 0 Å². The van der Waals surface area contributed by atoms with Gasteiger partial charge in [-0.15, -0.1) is 12.3 Å². The van der Waals surface area contributed by atoms with Crippen LogP contribution in [0.3, 0.4) is 0 Å². The second-order valence-electron chi connectivity index (χ2n) is 7.50. The van der Waals surface area contributed by atoms with Crippen molar-refractivity contribution in [2.75, 3.05) is 13.1 Å². The second kappa shape index (κ2) is 18.9. The zero-order chi connectivity index (χ0) is 25.8. The number of hydrogen-bond acceptors (Lipinski definition) is 6. The van der Waals surface area contributed by atoms with E-state index in [4.69, 9.17) is 5.73 Å². The molecule has 4 N–H and O–H groups in total. The molecular formula is C26H40N6O2. The maximum Gasteiger partial charge on any atom is 0.251 e. The third-order valence-electron chi connectivity index (χ3n) is 4.12. The number of aliphatic imine (C=N–C) groups is 1. The first-order valence-electron chi connectivity index (χ1n) is 11.6. The number of allylic oxidation sites excluding steroid dienone is 3. The Morgan fingerprint density at radius 3 is 2.50 bits per heavy atom.